The number of hydrogen-bond acceptors (Lipinski definition) is 3. The van der Waals surface area contributed by atoms with E-state index in [1.807, 2.05) is 6.92 Å². The van der Waals surface area contributed by atoms with Crippen LogP contribution in [0.3, 0.4) is 0 Å². The molecule has 0 bridgehead atoms. The van der Waals surface area contributed by atoms with E-state index in [-0.39, 0.29) is 11.4 Å². The van der Waals surface area contributed by atoms with Gasteiger partial charge in [0.05, 0.1) is 5.54 Å². The van der Waals surface area contributed by atoms with Crippen LogP contribution in [0.2, 0.25) is 0 Å². The van der Waals surface area contributed by atoms with Gasteiger partial charge in [-0.2, -0.15) is 0 Å². The SMILES string of the molecule is CN1CCC(CNC(=O)C2(C)CCCN2)CC1. The zero-order chi connectivity index (χ0) is 12.3. The largest absolute Gasteiger partial charge is 0.354 e. The minimum atomic E-state index is -0.314. The van der Waals surface area contributed by atoms with Crippen LogP contribution in [0.15, 0.2) is 0 Å². The average Bonchev–Trinajstić information content (AvgIpc) is 2.76. The first-order valence-electron chi connectivity index (χ1n) is 6.82. The number of likely N-dealkylation sites (tertiary alicyclic amines) is 1. The number of amides is 1. The number of nitrogens with one attached hydrogen (secondary N) is 2. The Kier molecular flexibility index (Phi) is 4.05. The summed E-state index contributed by atoms with van der Waals surface area (Å²) in [4.78, 5) is 14.4. The van der Waals surface area contributed by atoms with Gasteiger partial charge in [-0.3, -0.25) is 4.79 Å². The quantitative estimate of drug-likeness (QED) is 0.757. The highest BCUT2D eigenvalue weighted by Crippen LogP contribution is 2.19. The number of nitrogens with zero attached hydrogens (tertiary/aromatic N) is 1. The first-order valence-corrected chi connectivity index (χ1v) is 6.82. The minimum absolute atomic E-state index is 0.189. The minimum Gasteiger partial charge on any atom is -0.354 e. The maximum Gasteiger partial charge on any atom is 0.240 e. The molecule has 4 nitrogen and oxygen atoms in total. The summed E-state index contributed by atoms with van der Waals surface area (Å²) in [5.41, 5.74) is -0.314. The maximum absolute atomic E-state index is 12.1. The summed E-state index contributed by atoms with van der Waals surface area (Å²) in [6, 6.07) is 0. The summed E-state index contributed by atoms with van der Waals surface area (Å²) in [6.45, 7) is 6.16. The van der Waals surface area contributed by atoms with Gasteiger partial charge in [0, 0.05) is 6.54 Å². The van der Waals surface area contributed by atoms with Crippen molar-refractivity contribution in [3.8, 4) is 0 Å². The van der Waals surface area contributed by atoms with Crippen molar-refractivity contribution in [1.29, 1.82) is 0 Å². The molecule has 0 aromatic carbocycles. The van der Waals surface area contributed by atoms with Crippen LogP contribution in [0, 0.1) is 5.92 Å². The van der Waals surface area contributed by atoms with Crippen LogP contribution in [-0.4, -0.2) is 49.6 Å². The molecule has 2 rings (SSSR count). The van der Waals surface area contributed by atoms with Crippen molar-refractivity contribution in [3.63, 3.8) is 0 Å². The predicted octanol–water partition coefficient (Wildman–Crippen LogP) is 0.587. The van der Waals surface area contributed by atoms with Gasteiger partial charge in [-0.1, -0.05) is 0 Å². The van der Waals surface area contributed by atoms with E-state index in [0.717, 1.165) is 39.0 Å². The standard InChI is InChI=1S/C13H25N3O/c1-13(6-3-7-15-13)12(17)14-10-11-4-8-16(2)9-5-11/h11,15H,3-10H2,1-2H3,(H,14,17). The van der Waals surface area contributed by atoms with Crippen LogP contribution in [0.4, 0.5) is 0 Å². The summed E-state index contributed by atoms with van der Waals surface area (Å²) in [7, 11) is 2.16. The van der Waals surface area contributed by atoms with E-state index in [0.29, 0.717) is 5.92 Å². The topological polar surface area (TPSA) is 44.4 Å². The molecule has 0 saturated carbocycles. The van der Waals surface area contributed by atoms with Crippen LogP contribution >= 0.6 is 0 Å². The smallest absolute Gasteiger partial charge is 0.240 e. The Balaban J connectivity index is 1.72. The normalized spacial score (nSPS) is 31.6. The van der Waals surface area contributed by atoms with Crippen molar-refractivity contribution < 1.29 is 4.79 Å². The summed E-state index contributed by atoms with van der Waals surface area (Å²) in [6.07, 6.45) is 4.49. The molecule has 17 heavy (non-hydrogen) atoms. The monoisotopic (exact) mass is 239 g/mol. The molecule has 4 heteroatoms. The zero-order valence-electron chi connectivity index (χ0n) is 11.1. The van der Waals surface area contributed by atoms with E-state index in [4.69, 9.17) is 0 Å². The highest BCUT2D eigenvalue weighted by molar-refractivity contribution is 5.86. The number of hydrogen-bond donors (Lipinski definition) is 2. The van der Waals surface area contributed by atoms with Crippen molar-refractivity contribution >= 4 is 5.91 Å². The molecule has 0 aromatic rings. The van der Waals surface area contributed by atoms with E-state index < -0.39 is 0 Å². The van der Waals surface area contributed by atoms with Gasteiger partial charge in [-0.15, -0.1) is 0 Å². The Labute approximate surface area is 104 Å². The second-order valence-electron chi connectivity index (χ2n) is 5.82. The summed E-state index contributed by atoms with van der Waals surface area (Å²) < 4.78 is 0. The van der Waals surface area contributed by atoms with Crippen LogP contribution in [-0.2, 0) is 4.79 Å². The fourth-order valence-electron chi connectivity index (χ4n) is 2.79. The highest BCUT2D eigenvalue weighted by atomic mass is 16.2. The lowest BCUT2D eigenvalue weighted by Gasteiger charge is -2.30. The maximum atomic E-state index is 12.1. The highest BCUT2D eigenvalue weighted by Gasteiger charge is 2.35. The van der Waals surface area contributed by atoms with E-state index >= 15 is 0 Å². The molecule has 0 radical (unpaired) electrons. The lowest BCUT2D eigenvalue weighted by molar-refractivity contribution is -0.126. The summed E-state index contributed by atoms with van der Waals surface area (Å²) >= 11 is 0. The van der Waals surface area contributed by atoms with E-state index in [1.54, 1.807) is 0 Å². The summed E-state index contributed by atoms with van der Waals surface area (Å²) in [5, 5.41) is 6.44. The Morgan fingerprint density at radius 1 is 1.47 bits per heavy atom. The van der Waals surface area contributed by atoms with Gasteiger partial charge in [-0.05, 0) is 65.2 Å². The Bertz CT molecular complexity index is 266. The molecule has 2 aliphatic heterocycles. The number of rotatable bonds is 3. The van der Waals surface area contributed by atoms with Gasteiger partial charge in [-0.25, -0.2) is 0 Å². The molecule has 1 amide bonds. The molecule has 0 aromatic heterocycles. The van der Waals surface area contributed by atoms with Gasteiger partial charge in [0.15, 0.2) is 0 Å². The lowest BCUT2D eigenvalue weighted by atomic mass is 9.95. The first-order chi connectivity index (χ1) is 8.10. The first kappa shape index (κ1) is 12.8. The van der Waals surface area contributed by atoms with Crippen molar-refractivity contribution in [2.75, 3.05) is 33.2 Å². The second-order valence-corrected chi connectivity index (χ2v) is 5.82. The molecule has 1 atom stereocenters. The average molecular weight is 239 g/mol. The second kappa shape index (κ2) is 5.36. The predicted molar refractivity (Wildman–Crippen MR) is 68.9 cm³/mol. The summed E-state index contributed by atoms with van der Waals surface area (Å²) in [5.74, 6) is 0.856. The van der Waals surface area contributed by atoms with Crippen molar-refractivity contribution in [1.82, 2.24) is 15.5 Å². The van der Waals surface area contributed by atoms with Crippen molar-refractivity contribution in [3.05, 3.63) is 0 Å². The van der Waals surface area contributed by atoms with E-state index in [2.05, 4.69) is 22.6 Å². The number of carbonyl (C=O) groups is 1. The fraction of sp³-hybridized carbons (Fsp3) is 0.923. The molecule has 2 saturated heterocycles. The molecule has 2 N–H and O–H groups in total. The van der Waals surface area contributed by atoms with Crippen LogP contribution < -0.4 is 10.6 Å². The third-order valence-corrected chi connectivity index (χ3v) is 4.26. The van der Waals surface area contributed by atoms with Crippen LogP contribution in [0.5, 0.6) is 0 Å². The van der Waals surface area contributed by atoms with E-state index in [9.17, 15) is 4.79 Å². The van der Waals surface area contributed by atoms with Gasteiger partial charge >= 0.3 is 0 Å². The van der Waals surface area contributed by atoms with Crippen LogP contribution in [0.1, 0.15) is 32.6 Å². The zero-order valence-corrected chi connectivity index (χ0v) is 11.1. The molecule has 98 valence electrons. The molecule has 2 heterocycles. The van der Waals surface area contributed by atoms with Gasteiger partial charge in [0.25, 0.3) is 0 Å². The van der Waals surface area contributed by atoms with Crippen LogP contribution in [0.25, 0.3) is 0 Å². The third kappa shape index (κ3) is 3.19. The number of piperidine rings is 1. The van der Waals surface area contributed by atoms with Gasteiger partial charge in [0.2, 0.25) is 5.91 Å². The molecular formula is C13H25N3O. The Morgan fingerprint density at radius 3 is 2.76 bits per heavy atom. The molecule has 2 fully saturated rings. The Hall–Kier alpha value is -0.610. The lowest BCUT2D eigenvalue weighted by Crippen LogP contribution is -2.52. The van der Waals surface area contributed by atoms with Gasteiger partial charge < -0.3 is 15.5 Å². The van der Waals surface area contributed by atoms with Crippen molar-refractivity contribution in [2.24, 2.45) is 5.92 Å². The molecular weight excluding hydrogens is 214 g/mol. The fourth-order valence-corrected chi connectivity index (χ4v) is 2.79. The third-order valence-electron chi connectivity index (χ3n) is 4.26. The number of carbonyl (C=O) groups excluding carboxylic acids is 1. The molecule has 0 spiro atoms. The molecule has 1 unspecified atom stereocenters. The van der Waals surface area contributed by atoms with E-state index in [1.165, 1.54) is 12.8 Å². The Morgan fingerprint density at radius 2 is 2.18 bits per heavy atom. The van der Waals surface area contributed by atoms with Gasteiger partial charge in [0.1, 0.15) is 0 Å². The molecule has 0 aliphatic carbocycles. The molecule has 2 aliphatic rings. The van der Waals surface area contributed by atoms with Crippen molar-refractivity contribution in [2.45, 2.75) is 38.1 Å².